The summed E-state index contributed by atoms with van der Waals surface area (Å²) in [4.78, 5) is 12.0. The highest BCUT2D eigenvalue weighted by Crippen LogP contribution is 2.22. The van der Waals surface area contributed by atoms with Crippen molar-refractivity contribution < 1.29 is 4.79 Å². The first kappa shape index (κ1) is 14.5. The summed E-state index contributed by atoms with van der Waals surface area (Å²) in [5.74, 6) is -0.320. The number of amides is 1. The molecule has 22 heavy (non-hydrogen) atoms. The van der Waals surface area contributed by atoms with Crippen LogP contribution in [0.4, 0.5) is 0 Å². The van der Waals surface area contributed by atoms with Gasteiger partial charge in [0.05, 0.1) is 11.2 Å². The molecular formula is C16H15ClN4O. The molecule has 5 nitrogen and oxygen atoms in total. The third kappa shape index (κ3) is 3.26. The van der Waals surface area contributed by atoms with Gasteiger partial charge in [-0.25, -0.2) is 5.43 Å². The summed E-state index contributed by atoms with van der Waals surface area (Å²) in [7, 11) is 0. The second-order valence-electron chi connectivity index (χ2n) is 5.02. The number of carbonyl (C=O) groups is 1. The molecule has 0 aliphatic heterocycles. The quantitative estimate of drug-likeness (QED) is 0.673. The van der Waals surface area contributed by atoms with E-state index in [1.807, 2.05) is 30.3 Å². The van der Waals surface area contributed by atoms with Gasteiger partial charge in [0.1, 0.15) is 0 Å². The first-order valence-corrected chi connectivity index (χ1v) is 7.43. The number of rotatable bonds is 4. The van der Waals surface area contributed by atoms with Crippen molar-refractivity contribution in [3.8, 4) is 0 Å². The van der Waals surface area contributed by atoms with E-state index in [-0.39, 0.29) is 5.91 Å². The molecule has 2 aromatic rings. The molecule has 0 bridgehead atoms. The Morgan fingerprint density at radius 1 is 1.32 bits per heavy atom. The van der Waals surface area contributed by atoms with Gasteiger partial charge in [0.15, 0.2) is 5.69 Å². The van der Waals surface area contributed by atoms with Crippen molar-refractivity contribution in [2.45, 2.75) is 19.3 Å². The number of aromatic amines is 1. The first-order valence-electron chi connectivity index (χ1n) is 7.06. The van der Waals surface area contributed by atoms with Gasteiger partial charge in [0.25, 0.3) is 5.91 Å². The van der Waals surface area contributed by atoms with Gasteiger partial charge >= 0.3 is 0 Å². The fraction of sp³-hybridized carbons (Fsp3) is 0.188. The monoisotopic (exact) mass is 314 g/mol. The van der Waals surface area contributed by atoms with E-state index >= 15 is 0 Å². The third-order valence-corrected chi connectivity index (χ3v) is 3.69. The molecule has 0 fully saturated rings. The number of hydrogen-bond acceptors (Lipinski definition) is 3. The Bertz CT molecular complexity index is 734. The van der Waals surface area contributed by atoms with Crippen molar-refractivity contribution in [3.63, 3.8) is 0 Å². The Hall–Kier alpha value is -2.40. The second-order valence-corrected chi connectivity index (χ2v) is 5.46. The number of benzene rings is 1. The fourth-order valence-electron chi connectivity index (χ4n) is 2.46. The van der Waals surface area contributed by atoms with E-state index in [0.717, 1.165) is 36.1 Å². The molecule has 0 radical (unpaired) electrons. The smallest absolute Gasteiger partial charge is 0.281 e. The number of fused-ring (bicyclic) bond motifs is 1. The molecule has 1 aliphatic rings. The van der Waals surface area contributed by atoms with E-state index in [0.29, 0.717) is 10.7 Å². The van der Waals surface area contributed by atoms with Crippen LogP contribution in [0.25, 0.3) is 6.08 Å². The van der Waals surface area contributed by atoms with Crippen LogP contribution in [0, 0.1) is 0 Å². The van der Waals surface area contributed by atoms with Crippen LogP contribution in [0.2, 0.25) is 0 Å². The SMILES string of the molecule is O=C(NN=CC(Cl)=Cc1ccccc1)c1n[nH]c2c1CCC2. The van der Waals surface area contributed by atoms with E-state index < -0.39 is 0 Å². The molecule has 0 unspecified atom stereocenters. The fourth-order valence-corrected chi connectivity index (χ4v) is 2.63. The maximum absolute atomic E-state index is 12.0. The van der Waals surface area contributed by atoms with E-state index in [2.05, 4.69) is 20.7 Å². The van der Waals surface area contributed by atoms with Crippen LogP contribution in [-0.4, -0.2) is 22.3 Å². The van der Waals surface area contributed by atoms with Crippen molar-refractivity contribution >= 4 is 29.8 Å². The summed E-state index contributed by atoms with van der Waals surface area (Å²) in [6.07, 6.45) is 6.05. The number of aromatic nitrogens is 2. The molecule has 2 N–H and O–H groups in total. The van der Waals surface area contributed by atoms with Gasteiger partial charge < -0.3 is 0 Å². The van der Waals surface area contributed by atoms with Gasteiger partial charge in [-0.15, -0.1) is 0 Å². The van der Waals surface area contributed by atoms with E-state index in [4.69, 9.17) is 11.6 Å². The lowest BCUT2D eigenvalue weighted by atomic mass is 10.2. The third-order valence-electron chi connectivity index (χ3n) is 3.48. The molecule has 1 aliphatic carbocycles. The van der Waals surface area contributed by atoms with Gasteiger partial charge in [-0.1, -0.05) is 41.9 Å². The Kier molecular flexibility index (Phi) is 4.34. The number of halogens is 1. The van der Waals surface area contributed by atoms with Crippen molar-refractivity contribution in [1.82, 2.24) is 15.6 Å². The molecule has 3 rings (SSSR count). The predicted octanol–water partition coefficient (Wildman–Crippen LogP) is 2.89. The zero-order valence-corrected chi connectivity index (χ0v) is 12.6. The number of carbonyl (C=O) groups excluding carboxylic acids is 1. The molecule has 0 spiro atoms. The van der Waals surface area contributed by atoms with Gasteiger partial charge in [0.2, 0.25) is 0 Å². The number of aryl methyl sites for hydroxylation is 1. The van der Waals surface area contributed by atoms with Crippen LogP contribution >= 0.6 is 11.6 Å². The summed E-state index contributed by atoms with van der Waals surface area (Å²) in [6.45, 7) is 0. The number of hydrogen-bond donors (Lipinski definition) is 2. The number of nitrogens with one attached hydrogen (secondary N) is 2. The van der Waals surface area contributed by atoms with E-state index in [9.17, 15) is 4.79 Å². The lowest BCUT2D eigenvalue weighted by Gasteiger charge is -1.98. The van der Waals surface area contributed by atoms with Crippen LogP contribution in [0.1, 0.15) is 33.7 Å². The molecule has 1 aromatic carbocycles. The maximum atomic E-state index is 12.0. The number of hydrazone groups is 1. The van der Waals surface area contributed by atoms with Crippen molar-refractivity contribution in [3.05, 3.63) is 57.9 Å². The normalized spacial score (nSPS) is 14.3. The molecular weight excluding hydrogens is 300 g/mol. The Balaban J connectivity index is 1.62. The molecule has 0 saturated heterocycles. The van der Waals surface area contributed by atoms with E-state index in [1.165, 1.54) is 6.21 Å². The van der Waals surface area contributed by atoms with Crippen LogP contribution in [0.15, 0.2) is 40.5 Å². The topological polar surface area (TPSA) is 70.1 Å². The Morgan fingerprint density at radius 2 is 2.14 bits per heavy atom. The number of allylic oxidation sites excluding steroid dienone is 1. The minimum absolute atomic E-state index is 0.320. The molecule has 0 atom stereocenters. The minimum Gasteiger partial charge on any atom is -0.281 e. The van der Waals surface area contributed by atoms with Gasteiger partial charge in [-0.3, -0.25) is 9.89 Å². The van der Waals surface area contributed by atoms with Crippen molar-refractivity contribution in [1.29, 1.82) is 0 Å². The Morgan fingerprint density at radius 3 is 2.95 bits per heavy atom. The molecule has 1 heterocycles. The van der Waals surface area contributed by atoms with Crippen molar-refractivity contribution in [2.75, 3.05) is 0 Å². The van der Waals surface area contributed by atoms with Crippen LogP contribution < -0.4 is 5.43 Å². The summed E-state index contributed by atoms with van der Waals surface area (Å²) >= 11 is 6.06. The average Bonchev–Trinajstić information content (AvgIpc) is 3.10. The van der Waals surface area contributed by atoms with Gasteiger partial charge in [0, 0.05) is 11.3 Å². The maximum Gasteiger partial charge on any atom is 0.292 e. The number of nitrogens with zero attached hydrogens (tertiary/aromatic N) is 2. The largest absolute Gasteiger partial charge is 0.292 e. The minimum atomic E-state index is -0.320. The van der Waals surface area contributed by atoms with Crippen LogP contribution in [-0.2, 0) is 12.8 Å². The lowest BCUT2D eigenvalue weighted by molar-refractivity contribution is 0.0949. The summed E-state index contributed by atoms with van der Waals surface area (Å²) in [5.41, 5.74) is 5.90. The predicted molar refractivity (Wildman–Crippen MR) is 86.8 cm³/mol. The van der Waals surface area contributed by atoms with Gasteiger partial charge in [-0.2, -0.15) is 10.2 Å². The van der Waals surface area contributed by atoms with Crippen LogP contribution in [0.5, 0.6) is 0 Å². The Labute approximate surface area is 133 Å². The van der Waals surface area contributed by atoms with Crippen LogP contribution in [0.3, 0.4) is 0 Å². The van der Waals surface area contributed by atoms with Gasteiger partial charge in [-0.05, 0) is 30.9 Å². The highest BCUT2D eigenvalue weighted by molar-refractivity contribution is 6.41. The second kappa shape index (κ2) is 6.58. The first-order chi connectivity index (χ1) is 10.7. The standard InChI is InChI=1S/C16H15ClN4O/c17-12(9-11-5-2-1-3-6-11)10-18-21-16(22)15-13-7-4-8-14(13)19-20-15/h1-3,5-6,9-10H,4,7-8H2,(H,19,20)(H,21,22). The zero-order valence-electron chi connectivity index (χ0n) is 11.8. The zero-order chi connectivity index (χ0) is 15.4. The van der Waals surface area contributed by atoms with E-state index in [1.54, 1.807) is 6.08 Å². The summed E-state index contributed by atoms with van der Waals surface area (Å²) < 4.78 is 0. The molecule has 1 aromatic heterocycles. The van der Waals surface area contributed by atoms with Crippen molar-refractivity contribution in [2.24, 2.45) is 5.10 Å². The average molecular weight is 315 g/mol. The number of H-pyrrole nitrogens is 1. The molecule has 112 valence electrons. The lowest BCUT2D eigenvalue weighted by Crippen LogP contribution is -2.19. The summed E-state index contributed by atoms with van der Waals surface area (Å²) in [5, 5.41) is 11.2. The highest BCUT2D eigenvalue weighted by Gasteiger charge is 2.22. The highest BCUT2D eigenvalue weighted by atomic mass is 35.5. The molecule has 0 saturated carbocycles. The summed E-state index contributed by atoms with van der Waals surface area (Å²) in [6, 6.07) is 9.64. The molecule has 6 heteroatoms. The molecule has 1 amide bonds.